The van der Waals surface area contributed by atoms with Crippen LogP contribution in [0.25, 0.3) is 0 Å². The highest BCUT2D eigenvalue weighted by Crippen LogP contribution is 2.06. The Labute approximate surface area is 135 Å². The highest BCUT2D eigenvalue weighted by Gasteiger charge is 1.95. The molecule has 2 aromatic rings. The molecule has 0 bridgehead atoms. The van der Waals surface area contributed by atoms with Crippen molar-refractivity contribution < 1.29 is 9.47 Å². The van der Waals surface area contributed by atoms with Crippen molar-refractivity contribution >= 4 is 0 Å². The average Bonchev–Trinajstić information content (AvgIpc) is 2.56. The molecule has 0 fully saturated rings. The lowest BCUT2D eigenvalue weighted by Gasteiger charge is -2.09. The Kier molecular flexibility index (Phi) is 10.0. The van der Waals surface area contributed by atoms with Gasteiger partial charge in [0.1, 0.15) is 0 Å². The monoisotopic (exact) mass is 300 g/mol. The van der Waals surface area contributed by atoms with Crippen molar-refractivity contribution in [1.29, 1.82) is 0 Å². The van der Waals surface area contributed by atoms with E-state index in [2.05, 4.69) is 60.7 Å². The van der Waals surface area contributed by atoms with Gasteiger partial charge in [0.05, 0.1) is 0 Å². The van der Waals surface area contributed by atoms with Crippen molar-refractivity contribution in [2.75, 3.05) is 13.2 Å². The molecule has 0 heterocycles. The summed E-state index contributed by atoms with van der Waals surface area (Å²) in [6.07, 6.45) is 2.22. The van der Waals surface area contributed by atoms with Crippen molar-refractivity contribution in [2.45, 2.75) is 39.9 Å². The molecule has 2 nitrogen and oxygen atoms in total. The topological polar surface area (TPSA) is 18.5 Å². The Morgan fingerprint density at radius 2 is 1.05 bits per heavy atom. The minimum absolute atomic E-state index is 0.0370. The molecule has 0 saturated heterocycles. The Hall–Kier alpha value is -1.64. The van der Waals surface area contributed by atoms with Crippen molar-refractivity contribution in [3.8, 4) is 0 Å². The van der Waals surface area contributed by atoms with E-state index < -0.39 is 0 Å². The molecule has 0 spiro atoms. The minimum Gasteiger partial charge on any atom is -0.353 e. The third-order valence-corrected chi connectivity index (χ3v) is 3.19. The van der Waals surface area contributed by atoms with E-state index in [-0.39, 0.29) is 6.29 Å². The Morgan fingerprint density at radius 1 is 0.682 bits per heavy atom. The van der Waals surface area contributed by atoms with E-state index in [1.807, 2.05) is 20.8 Å². The van der Waals surface area contributed by atoms with Gasteiger partial charge in [0.15, 0.2) is 6.29 Å². The number of aryl methyl sites for hydroxylation is 2. The smallest absolute Gasteiger partial charge is 0.154 e. The summed E-state index contributed by atoms with van der Waals surface area (Å²) in [5.74, 6) is 0. The van der Waals surface area contributed by atoms with Crippen LogP contribution in [0.4, 0.5) is 0 Å². The van der Waals surface area contributed by atoms with Gasteiger partial charge < -0.3 is 9.47 Å². The average molecular weight is 300 g/mol. The molecule has 2 aromatic carbocycles. The van der Waals surface area contributed by atoms with E-state index in [9.17, 15) is 0 Å². The fraction of sp³-hybridized carbons (Fsp3) is 0.400. The fourth-order valence-electron chi connectivity index (χ4n) is 2.10. The van der Waals surface area contributed by atoms with Crippen LogP contribution in [0.15, 0.2) is 60.7 Å². The SMILES string of the molecule is CCOC(C)OCC.c1ccc(CCc2ccccc2)cc1. The first-order valence-electron chi connectivity index (χ1n) is 8.07. The molecule has 0 atom stereocenters. The molecule has 0 N–H and O–H groups in total. The van der Waals surface area contributed by atoms with Crippen LogP contribution in [0.5, 0.6) is 0 Å². The summed E-state index contributed by atoms with van der Waals surface area (Å²) in [6, 6.07) is 21.2. The molecule has 0 unspecified atom stereocenters. The van der Waals surface area contributed by atoms with E-state index in [0.717, 1.165) is 26.1 Å². The predicted octanol–water partition coefficient (Wildman–Crippen LogP) is 4.88. The number of ether oxygens (including phenoxy) is 2. The van der Waals surface area contributed by atoms with Gasteiger partial charge in [0.25, 0.3) is 0 Å². The molecule has 0 aliphatic heterocycles. The summed E-state index contributed by atoms with van der Waals surface area (Å²) in [7, 11) is 0. The molecule has 0 saturated carbocycles. The van der Waals surface area contributed by atoms with Gasteiger partial charge in [-0.25, -0.2) is 0 Å². The molecule has 22 heavy (non-hydrogen) atoms. The van der Waals surface area contributed by atoms with Gasteiger partial charge in [-0.15, -0.1) is 0 Å². The van der Waals surface area contributed by atoms with Crippen molar-refractivity contribution in [1.82, 2.24) is 0 Å². The van der Waals surface area contributed by atoms with Crippen LogP contribution in [0, 0.1) is 0 Å². The highest BCUT2D eigenvalue weighted by molar-refractivity contribution is 5.19. The lowest BCUT2D eigenvalue weighted by Crippen LogP contribution is -2.11. The van der Waals surface area contributed by atoms with Crippen LogP contribution < -0.4 is 0 Å². The van der Waals surface area contributed by atoms with Crippen LogP contribution in [-0.2, 0) is 22.3 Å². The molecule has 2 heteroatoms. The van der Waals surface area contributed by atoms with Gasteiger partial charge in [-0.2, -0.15) is 0 Å². The number of benzene rings is 2. The molecule has 120 valence electrons. The normalized spacial score (nSPS) is 10.2. The Morgan fingerprint density at radius 3 is 1.36 bits per heavy atom. The third kappa shape index (κ3) is 8.60. The van der Waals surface area contributed by atoms with Crippen molar-refractivity contribution in [3.63, 3.8) is 0 Å². The molecule has 0 aliphatic rings. The van der Waals surface area contributed by atoms with Crippen molar-refractivity contribution in [2.24, 2.45) is 0 Å². The summed E-state index contributed by atoms with van der Waals surface area (Å²) >= 11 is 0. The van der Waals surface area contributed by atoms with Gasteiger partial charge in [0.2, 0.25) is 0 Å². The van der Waals surface area contributed by atoms with Crippen LogP contribution in [0.2, 0.25) is 0 Å². The van der Waals surface area contributed by atoms with Gasteiger partial charge >= 0.3 is 0 Å². The van der Waals surface area contributed by atoms with Gasteiger partial charge in [-0.3, -0.25) is 0 Å². The minimum atomic E-state index is -0.0370. The van der Waals surface area contributed by atoms with E-state index in [1.165, 1.54) is 11.1 Å². The number of hydrogen-bond donors (Lipinski definition) is 0. The molecular weight excluding hydrogens is 272 g/mol. The highest BCUT2D eigenvalue weighted by atomic mass is 16.7. The first-order chi connectivity index (χ1) is 10.8. The second kappa shape index (κ2) is 12.0. The van der Waals surface area contributed by atoms with E-state index >= 15 is 0 Å². The number of rotatable bonds is 7. The fourth-order valence-corrected chi connectivity index (χ4v) is 2.10. The first-order valence-corrected chi connectivity index (χ1v) is 8.07. The zero-order valence-electron chi connectivity index (χ0n) is 14.0. The lowest BCUT2D eigenvalue weighted by molar-refractivity contribution is -0.123. The standard InChI is InChI=1S/C14H14.C6H14O2/c1-3-7-13(8-4-1)11-12-14-9-5-2-6-10-14;1-4-7-6(3)8-5-2/h1-10H,11-12H2;6H,4-5H2,1-3H3. The van der Waals surface area contributed by atoms with E-state index in [4.69, 9.17) is 9.47 Å². The predicted molar refractivity (Wildman–Crippen MR) is 93.0 cm³/mol. The van der Waals surface area contributed by atoms with Gasteiger partial charge in [-0.05, 0) is 44.7 Å². The first kappa shape index (κ1) is 18.4. The zero-order chi connectivity index (χ0) is 16.0. The maximum Gasteiger partial charge on any atom is 0.154 e. The molecule has 0 aliphatic carbocycles. The second-order valence-corrected chi connectivity index (χ2v) is 4.95. The molecule has 0 radical (unpaired) electrons. The van der Waals surface area contributed by atoms with Crippen molar-refractivity contribution in [3.05, 3.63) is 71.8 Å². The Balaban J connectivity index is 0.000000261. The van der Waals surface area contributed by atoms with E-state index in [0.29, 0.717) is 0 Å². The molecular formula is C20H28O2. The summed E-state index contributed by atoms with van der Waals surface area (Å²) < 4.78 is 10.1. The maximum absolute atomic E-state index is 5.06. The van der Waals surface area contributed by atoms with Gasteiger partial charge in [-0.1, -0.05) is 60.7 Å². The largest absolute Gasteiger partial charge is 0.353 e. The van der Waals surface area contributed by atoms with Gasteiger partial charge in [0, 0.05) is 13.2 Å². The number of hydrogen-bond acceptors (Lipinski definition) is 2. The lowest BCUT2D eigenvalue weighted by atomic mass is 10.0. The zero-order valence-corrected chi connectivity index (χ0v) is 14.0. The van der Waals surface area contributed by atoms with Crippen LogP contribution in [0.1, 0.15) is 31.9 Å². The Bertz CT molecular complexity index is 422. The molecule has 0 amide bonds. The molecule has 2 rings (SSSR count). The van der Waals surface area contributed by atoms with Crippen LogP contribution in [-0.4, -0.2) is 19.5 Å². The van der Waals surface area contributed by atoms with E-state index in [1.54, 1.807) is 0 Å². The van der Waals surface area contributed by atoms with Crippen LogP contribution in [0.3, 0.4) is 0 Å². The summed E-state index contributed by atoms with van der Waals surface area (Å²) in [5.41, 5.74) is 2.83. The summed E-state index contributed by atoms with van der Waals surface area (Å²) in [4.78, 5) is 0. The summed E-state index contributed by atoms with van der Waals surface area (Å²) in [6.45, 7) is 7.25. The third-order valence-electron chi connectivity index (χ3n) is 3.19. The second-order valence-electron chi connectivity index (χ2n) is 4.95. The summed E-state index contributed by atoms with van der Waals surface area (Å²) in [5, 5.41) is 0. The van der Waals surface area contributed by atoms with Crippen LogP contribution >= 0.6 is 0 Å². The quantitative estimate of drug-likeness (QED) is 0.679. The maximum atomic E-state index is 5.06. The molecule has 0 aromatic heterocycles.